The number of halogens is 1. The van der Waals surface area contributed by atoms with Gasteiger partial charge in [0.15, 0.2) is 0 Å². The Bertz CT molecular complexity index is 849. The van der Waals surface area contributed by atoms with E-state index in [1.807, 2.05) is 30.3 Å². The minimum absolute atomic E-state index is 0.133. The summed E-state index contributed by atoms with van der Waals surface area (Å²) in [7, 11) is 0. The Labute approximate surface area is 138 Å². The normalized spacial score (nSPS) is 10.4. The van der Waals surface area contributed by atoms with Gasteiger partial charge in [0.25, 0.3) is 0 Å². The molecule has 6 heteroatoms. The molecule has 1 heterocycles. The number of pyridine rings is 1. The van der Waals surface area contributed by atoms with Gasteiger partial charge in [-0.05, 0) is 24.3 Å². The van der Waals surface area contributed by atoms with E-state index in [0.717, 1.165) is 10.9 Å². The molecule has 0 spiro atoms. The molecule has 0 saturated heterocycles. The topological polar surface area (TPSA) is 63.2 Å². The van der Waals surface area contributed by atoms with Gasteiger partial charge >= 0.3 is 6.03 Å². The van der Waals surface area contributed by atoms with Crippen LogP contribution in [-0.2, 0) is 0 Å². The van der Waals surface area contributed by atoms with Crippen LogP contribution in [0.1, 0.15) is 0 Å². The van der Waals surface area contributed by atoms with Gasteiger partial charge in [0.1, 0.15) is 23.7 Å². The van der Waals surface area contributed by atoms with E-state index in [1.54, 1.807) is 18.3 Å². The number of amides is 2. The van der Waals surface area contributed by atoms with Crippen molar-refractivity contribution in [1.29, 1.82) is 0 Å². The maximum Gasteiger partial charge on any atom is 0.319 e. The fourth-order valence-corrected chi connectivity index (χ4v) is 2.25. The van der Waals surface area contributed by atoms with Crippen LogP contribution in [0.3, 0.4) is 0 Å². The molecule has 122 valence electrons. The molecule has 0 saturated carbocycles. The molecule has 0 aliphatic heterocycles. The second-order valence-electron chi connectivity index (χ2n) is 5.04. The summed E-state index contributed by atoms with van der Waals surface area (Å²) >= 11 is 0. The van der Waals surface area contributed by atoms with Gasteiger partial charge in [-0.3, -0.25) is 4.98 Å². The van der Waals surface area contributed by atoms with Gasteiger partial charge in [0.2, 0.25) is 0 Å². The third kappa shape index (κ3) is 3.78. The molecule has 0 atom stereocenters. The summed E-state index contributed by atoms with van der Waals surface area (Å²) in [6.45, 7) is 0.559. The number of carbonyl (C=O) groups excluding carboxylic acids is 1. The van der Waals surface area contributed by atoms with Crippen LogP contribution < -0.4 is 15.4 Å². The fraction of sp³-hybridized carbons (Fsp3) is 0.111. The molecule has 2 aromatic carbocycles. The Morgan fingerprint density at radius 2 is 1.92 bits per heavy atom. The van der Waals surface area contributed by atoms with E-state index in [-0.39, 0.29) is 18.8 Å². The summed E-state index contributed by atoms with van der Waals surface area (Å²) in [6, 6.07) is 15.0. The molecular weight excluding hydrogens is 309 g/mol. The van der Waals surface area contributed by atoms with Gasteiger partial charge < -0.3 is 15.4 Å². The smallest absolute Gasteiger partial charge is 0.319 e. The lowest BCUT2D eigenvalue weighted by molar-refractivity contribution is 0.247. The number of hydrogen-bond acceptors (Lipinski definition) is 3. The second-order valence-corrected chi connectivity index (χ2v) is 5.04. The van der Waals surface area contributed by atoms with Crippen LogP contribution in [0.25, 0.3) is 10.9 Å². The van der Waals surface area contributed by atoms with Crippen molar-refractivity contribution in [3.63, 3.8) is 0 Å². The molecule has 0 unspecified atom stereocenters. The van der Waals surface area contributed by atoms with Crippen molar-refractivity contribution in [1.82, 2.24) is 10.3 Å². The Hall–Kier alpha value is -3.15. The number of aromatic nitrogens is 1. The summed E-state index contributed by atoms with van der Waals surface area (Å²) in [6.07, 6.45) is 1.70. The van der Waals surface area contributed by atoms with Crippen molar-refractivity contribution >= 4 is 22.6 Å². The number of urea groups is 1. The van der Waals surface area contributed by atoms with Crippen molar-refractivity contribution in [3.8, 4) is 5.75 Å². The molecule has 24 heavy (non-hydrogen) atoms. The first-order chi connectivity index (χ1) is 11.7. The minimum atomic E-state index is -0.486. The maximum atomic E-state index is 13.4. The van der Waals surface area contributed by atoms with E-state index in [1.165, 1.54) is 12.1 Å². The zero-order chi connectivity index (χ0) is 16.8. The number of ether oxygens (including phenoxy) is 1. The molecule has 5 nitrogen and oxygen atoms in total. The number of rotatable bonds is 5. The molecule has 3 rings (SSSR count). The van der Waals surface area contributed by atoms with Gasteiger partial charge in [0.05, 0.1) is 12.2 Å². The van der Waals surface area contributed by atoms with Crippen LogP contribution in [-0.4, -0.2) is 24.2 Å². The maximum absolute atomic E-state index is 13.4. The number of nitrogens with zero attached hydrogens (tertiary/aromatic N) is 1. The molecule has 1 aromatic heterocycles. The molecule has 0 fully saturated rings. The molecule has 3 aromatic rings. The third-order valence-electron chi connectivity index (χ3n) is 3.36. The van der Waals surface area contributed by atoms with Crippen LogP contribution >= 0.6 is 0 Å². The number of nitrogens with one attached hydrogen (secondary N) is 2. The minimum Gasteiger partial charge on any atom is -0.489 e. The monoisotopic (exact) mass is 325 g/mol. The van der Waals surface area contributed by atoms with Crippen molar-refractivity contribution in [2.24, 2.45) is 0 Å². The number of anilines is 1. The van der Waals surface area contributed by atoms with Crippen LogP contribution in [0, 0.1) is 5.82 Å². The number of carbonyl (C=O) groups is 1. The average molecular weight is 325 g/mol. The lowest BCUT2D eigenvalue weighted by Gasteiger charge is -2.10. The zero-order valence-electron chi connectivity index (χ0n) is 12.8. The predicted molar refractivity (Wildman–Crippen MR) is 90.7 cm³/mol. The van der Waals surface area contributed by atoms with Crippen LogP contribution in [0.4, 0.5) is 14.9 Å². The highest BCUT2D eigenvalue weighted by Gasteiger charge is 2.06. The highest BCUT2D eigenvalue weighted by Crippen LogP contribution is 2.22. The van der Waals surface area contributed by atoms with Crippen LogP contribution in [0.15, 0.2) is 60.8 Å². The Morgan fingerprint density at radius 3 is 2.79 bits per heavy atom. The lowest BCUT2D eigenvalue weighted by atomic mass is 10.2. The van der Waals surface area contributed by atoms with Crippen molar-refractivity contribution < 1.29 is 13.9 Å². The van der Waals surface area contributed by atoms with Gasteiger partial charge in [-0.2, -0.15) is 0 Å². The van der Waals surface area contributed by atoms with Crippen molar-refractivity contribution in [3.05, 3.63) is 66.6 Å². The first-order valence-corrected chi connectivity index (χ1v) is 7.50. The summed E-state index contributed by atoms with van der Waals surface area (Å²) in [5.41, 5.74) is 0.907. The van der Waals surface area contributed by atoms with Crippen LogP contribution in [0.2, 0.25) is 0 Å². The first-order valence-electron chi connectivity index (χ1n) is 7.50. The van der Waals surface area contributed by atoms with Gasteiger partial charge in [-0.15, -0.1) is 0 Å². The van der Waals surface area contributed by atoms with E-state index in [0.29, 0.717) is 5.75 Å². The van der Waals surface area contributed by atoms with Crippen molar-refractivity contribution in [2.45, 2.75) is 0 Å². The van der Waals surface area contributed by atoms with E-state index in [4.69, 9.17) is 4.74 Å². The van der Waals surface area contributed by atoms with Gasteiger partial charge in [-0.1, -0.05) is 30.3 Å². The number of fused-ring (bicyclic) bond motifs is 1. The number of para-hydroxylation sites is 2. The SMILES string of the molecule is O=C(NCCOc1cccc2cccnc12)Nc1ccccc1F. The zero-order valence-corrected chi connectivity index (χ0v) is 12.8. The Kier molecular flexibility index (Phi) is 4.86. The summed E-state index contributed by atoms with van der Waals surface area (Å²) in [5.74, 6) is 0.176. The van der Waals surface area contributed by atoms with Crippen LogP contribution in [0.5, 0.6) is 5.75 Å². The molecule has 2 amide bonds. The van der Waals surface area contributed by atoms with Gasteiger partial charge in [-0.25, -0.2) is 9.18 Å². The molecular formula is C18H16FN3O2. The molecule has 0 bridgehead atoms. The number of benzene rings is 2. The largest absolute Gasteiger partial charge is 0.489 e. The molecule has 0 radical (unpaired) electrons. The highest BCUT2D eigenvalue weighted by molar-refractivity contribution is 5.89. The molecule has 0 aliphatic rings. The summed E-state index contributed by atoms with van der Waals surface area (Å²) in [4.78, 5) is 16.0. The van der Waals surface area contributed by atoms with E-state index in [2.05, 4.69) is 15.6 Å². The second kappa shape index (κ2) is 7.41. The molecule has 2 N–H and O–H groups in total. The van der Waals surface area contributed by atoms with Gasteiger partial charge in [0, 0.05) is 11.6 Å². The van der Waals surface area contributed by atoms with Crippen molar-refractivity contribution in [2.75, 3.05) is 18.5 Å². The fourth-order valence-electron chi connectivity index (χ4n) is 2.25. The quantitative estimate of drug-likeness (QED) is 0.705. The van der Waals surface area contributed by atoms with E-state index in [9.17, 15) is 9.18 Å². The lowest BCUT2D eigenvalue weighted by Crippen LogP contribution is -2.32. The highest BCUT2D eigenvalue weighted by atomic mass is 19.1. The Morgan fingerprint density at radius 1 is 1.08 bits per heavy atom. The standard InChI is InChI=1S/C18H16FN3O2/c19-14-7-1-2-8-15(14)22-18(23)21-11-12-24-16-9-3-5-13-6-4-10-20-17(13)16/h1-10H,11-12H2,(H2,21,22,23). The Balaban J connectivity index is 1.50. The number of hydrogen-bond donors (Lipinski definition) is 2. The summed E-state index contributed by atoms with van der Waals surface area (Å²) in [5, 5.41) is 6.05. The average Bonchev–Trinajstić information content (AvgIpc) is 2.61. The molecule has 0 aliphatic carbocycles. The third-order valence-corrected chi connectivity index (χ3v) is 3.36. The van der Waals surface area contributed by atoms with E-state index >= 15 is 0 Å². The summed E-state index contributed by atoms with van der Waals surface area (Å²) < 4.78 is 19.1. The van der Waals surface area contributed by atoms with E-state index < -0.39 is 11.8 Å². The first kappa shape index (κ1) is 15.7. The predicted octanol–water partition coefficient (Wildman–Crippen LogP) is 3.57.